The predicted molar refractivity (Wildman–Crippen MR) is 82.0 cm³/mol. The van der Waals surface area contributed by atoms with Crippen LogP contribution in [0.4, 0.5) is 18.0 Å². The smallest absolute Gasteiger partial charge is 0.475 e. The average Bonchev–Trinajstić information content (AvgIpc) is 2.83. The van der Waals surface area contributed by atoms with Crippen molar-refractivity contribution < 1.29 is 47.3 Å². The van der Waals surface area contributed by atoms with Gasteiger partial charge in [-0.15, -0.1) is 11.8 Å². The Morgan fingerprint density at radius 3 is 2.41 bits per heavy atom. The second kappa shape index (κ2) is 7.64. The van der Waals surface area contributed by atoms with Crippen LogP contribution in [0.25, 0.3) is 0 Å². The van der Waals surface area contributed by atoms with Gasteiger partial charge in [0.25, 0.3) is 0 Å². The summed E-state index contributed by atoms with van der Waals surface area (Å²) in [4.78, 5) is 44.6. The molecular weight excluding hydrogens is 399 g/mol. The van der Waals surface area contributed by atoms with Crippen molar-refractivity contribution in [3.8, 4) is 0 Å². The van der Waals surface area contributed by atoms with Gasteiger partial charge in [-0.3, -0.25) is 14.5 Å². The van der Waals surface area contributed by atoms with Gasteiger partial charge < -0.3 is 26.0 Å². The number of carbonyl (C=O) groups is 4. The fourth-order valence-corrected chi connectivity index (χ4v) is 4.03. The number of nitrogens with zero attached hydrogens (tertiary/aromatic N) is 1. The first-order valence-corrected chi connectivity index (χ1v) is 8.36. The van der Waals surface area contributed by atoms with E-state index < -0.39 is 24.2 Å². The minimum Gasteiger partial charge on any atom is -0.475 e. The van der Waals surface area contributed by atoms with Gasteiger partial charge in [0.05, 0.1) is 16.7 Å². The minimum atomic E-state index is -5.08. The van der Waals surface area contributed by atoms with E-state index in [0.717, 1.165) is 18.2 Å². The van der Waals surface area contributed by atoms with Gasteiger partial charge in [0.15, 0.2) is 0 Å². The van der Waals surface area contributed by atoms with Gasteiger partial charge >= 0.3 is 18.3 Å². The van der Waals surface area contributed by atoms with Gasteiger partial charge in [-0.25, -0.2) is 9.59 Å². The maximum absolute atomic E-state index is 12.0. The van der Waals surface area contributed by atoms with Crippen LogP contribution in [0.1, 0.15) is 6.42 Å². The number of hydrogen-bond donors (Lipinski definition) is 4. The number of β-lactam (4-membered cyclic amide) rings is 1. The van der Waals surface area contributed by atoms with Crippen LogP contribution < -0.4 is 11.1 Å². The molecule has 0 saturated carbocycles. The molecule has 5 N–H and O–H groups in total. The SMILES string of the molecule is NC(=O)CSC1=C(OC(=O)O)N2C(=O)[C@H]3NCCC1[C@H]32.O=C(O)C(F)(F)F. The molecule has 0 radical (unpaired) electrons. The molecule has 0 aromatic heterocycles. The highest BCUT2D eigenvalue weighted by atomic mass is 32.2. The number of carboxylic acids is 1. The Kier molecular flexibility index (Phi) is 5.89. The molecule has 0 spiro atoms. The summed E-state index contributed by atoms with van der Waals surface area (Å²) in [5, 5.41) is 19.0. The van der Waals surface area contributed by atoms with Gasteiger partial charge in [-0.2, -0.15) is 13.2 Å². The molecule has 0 bridgehead atoms. The van der Waals surface area contributed by atoms with Crippen LogP contribution >= 0.6 is 11.8 Å². The van der Waals surface area contributed by atoms with E-state index in [1.165, 1.54) is 4.90 Å². The number of ether oxygens (including phenoxy) is 1. The van der Waals surface area contributed by atoms with Crippen LogP contribution in [0, 0.1) is 5.92 Å². The monoisotopic (exact) mass is 413 g/mol. The normalized spacial score (nSPS) is 25.8. The molecule has 0 aliphatic carbocycles. The molecule has 1 unspecified atom stereocenters. The molecule has 3 aliphatic heterocycles. The number of carbonyl (C=O) groups excluding carboxylic acids is 2. The fourth-order valence-electron chi connectivity index (χ4n) is 2.99. The fraction of sp³-hybridized carbons (Fsp3) is 0.538. The third-order valence-corrected chi connectivity index (χ3v) is 5.15. The molecule has 3 aliphatic rings. The van der Waals surface area contributed by atoms with E-state index in [0.29, 0.717) is 11.4 Å². The van der Waals surface area contributed by atoms with Crippen molar-refractivity contribution in [2.75, 3.05) is 12.3 Å². The summed E-state index contributed by atoms with van der Waals surface area (Å²) >= 11 is 1.16. The Bertz CT molecular complexity index is 712. The maximum atomic E-state index is 12.0. The lowest BCUT2D eigenvalue weighted by Gasteiger charge is -2.48. The molecule has 150 valence electrons. The van der Waals surface area contributed by atoms with E-state index in [2.05, 4.69) is 5.32 Å². The number of nitrogens with two attached hydrogens (primary N) is 1. The number of piperidine rings is 1. The molecule has 0 aromatic carbocycles. The first-order chi connectivity index (χ1) is 12.4. The predicted octanol–water partition coefficient (Wildman–Crippen LogP) is -0.0956. The van der Waals surface area contributed by atoms with Crippen molar-refractivity contribution in [3.63, 3.8) is 0 Å². The molecule has 2 amide bonds. The largest absolute Gasteiger partial charge is 0.512 e. The number of rotatable bonds is 4. The van der Waals surface area contributed by atoms with E-state index in [4.69, 9.17) is 25.5 Å². The van der Waals surface area contributed by atoms with Crippen LogP contribution in [0.5, 0.6) is 0 Å². The number of primary amides is 1. The topological polar surface area (TPSA) is 159 Å². The number of nitrogens with one attached hydrogen (secondary N) is 1. The van der Waals surface area contributed by atoms with Gasteiger partial charge in [-0.05, 0) is 13.0 Å². The Morgan fingerprint density at radius 2 is 1.93 bits per heavy atom. The molecule has 2 fully saturated rings. The first-order valence-electron chi connectivity index (χ1n) is 7.37. The van der Waals surface area contributed by atoms with Crippen molar-refractivity contribution in [2.45, 2.75) is 24.7 Å². The van der Waals surface area contributed by atoms with E-state index in [1.54, 1.807) is 0 Å². The lowest BCUT2D eigenvalue weighted by atomic mass is 9.82. The number of aliphatic carboxylic acids is 1. The lowest BCUT2D eigenvalue weighted by molar-refractivity contribution is -0.192. The summed E-state index contributed by atoms with van der Waals surface area (Å²) < 4.78 is 36.5. The third kappa shape index (κ3) is 4.27. The number of hydrogen-bond acceptors (Lipinski definition) is 7. The van der Waals surface area contributed by atoms with Crippen molar-refractivity contribution in [3.05, 3.63) is 10.8 Å². The van der Waals surface area contributed by atoms with Crippen molar-refractivity contribution in [1.29, 1.82) is 0 Å². The van der Waals surface area contributed by atoms with E-state index >= 15 is 0 Å². The van der Waals surface area contributed by atoms with Crippen LogP contribution in [0.15, 0.2) is 10.8 Å². The van der Waals surface area contributed by atoms with Gasteiger partial charge in [0.2, 0.25) is 17.7 Å². The molecule has 2 saturated heterocycles. The Labute approximate surface area is 153 Å². The summed E-state index contributed by atoms with van der Waals surface area (Å²) in [5.41, 5.74) is 5.13. The van der Waals surface area contributed by atoms with Crippen molar-refractivity contribution >= 4 is 35.7 Å². The summed E-state index contributed by atoms with van der Waals surface area (Å²) in [7, 11) is 0. The van der Waals surface area contributed by atoms with E-state index in [1.807, 2.05) is 0 Å². The molecule has 3 heterocycles. The molecule has 3 atom stereocenters. The third-order valence-electron chi connectivity index (χ3n) is 3.94. The highest BCUT2D eigenvalue weighted by Crippen LogP contribution is 2.50. The molecule has 0 aromatic rings. The number of alkyl halides is 3. The van der Waals surface area contributed by atoms with Crippen LogP contribution in [0.2, 0.25) is 0 Å². The zero-order valence-corrected chi connectivity index (χ0v) is 14.2. The van der Waals surface area contributed by atoms with Gasteiger partial charge in [0, 0.05) is 5.92 Å². The van der Waals surface area contributed by atoms with E-state index in [-0.39, 0.29) is 35.5 Å². The second-order valence-corrected chi connectivity index (χ2v) is 6.64. The van der Waals surface area contributed by atoms with Crippen LogP contribution in [0.3, 0.4) is 0 Å². The highest BCUT2D eigenvalue weighted by molar-refractivity contribution is 8.03. The Hall–Kier alpha value is -2.48. The molecule has 14 heteroatoms. The zero-order chi connectivity index (χ0) is 20.5. The molecule has 27 heavy (non-hydrogen) atoms. The number of thioether (sulfide) groups is 1. The van der Waals surface area contributed by atoms with Crippen molar-refractivity contribution in [2.24, 2.45) is 11.7 Å². The average molecular weight is 413 g/mol. The summed E-state index contributed by atoms with van der Waals surface area (Å²) in [6.45, 7) is 0.673. The lowest BCUT2D eigenvalue weighted by Crippen LogP contribution is -2.71. The molecule has 10 nitrogen and oxygen atoms in total. The molecule has 3 rings (SSSR count). The first kappa shape index (κ1) is 20.8. The summed E-state index contributed by atoms with van der Waals surface area (Å²) in [6.07, 6.45) is -5.79. The standard InChI is InChI=1S/C11H13N3O5S.C2HF3O2/c12-5(15)3-20-8-4-1-2-13-6-7(4)14(9(6)16)10(8)19-11(17)18;3-2(4,5)1(6)7/h4,6-7,13H,1-3H2,(H2,12,15)(H,17,18);(H,6,7)/t4?,6-,7+;/m0./s1. The number of amides is 2. The summed E-state index contributed by atoms with van der Waals surface area (Å²) in [5.74, 6) is -3.35. The molecular formula is C13H14F3N3O7S. The van der Waals surface area contributed by atoms with E-state index in [9.17, 15) is 27.6 Å². The van der Waals surface area contributed by atoms with Crippen molar-refractivity contribution in [1.82, 2.24) is 10.2 Å². The minimum absolute atomic E-state index is 0.0117. The van der Waals surface area contributed by atoms with Gasteiger partial charge in [0.1, 0.15) is 6.04 Å². The Balaban J connectivity index is 0.000000321. The zero-order valence-electron chi connectivity index (χ0n) is 13.4. The number of carboxylic acid groups (broad SMARTS) is 2. The maximum Gasteiger partial charge on any atom is 0.512 e. The highest BCUT2D eigenvalue weighted by Gasteiger charge is 2.61. The second-order valence-electron chi connectivity index (χ2n) is 5.62. The van der Waals surface area contributed by atoms with Crippen LogP contribution in [-0.2, 0) is 19.1 Å². The van der Waals surface area contributed by atoms with Crippen LogP contribution in [-0.4, -0.2) is 69.6 Å². The summed E-state index contributed by atoms with van der Waals surface area (Å²) in [6, 6.07) is -0.395. The van der Waals surface area contributed by atoms with Gasteiger partial charge in [-0.1, -0.05) is 0 Å². The quantitative estimate of drug-likeness (QED) is 0.365. The number of halogens is 3. The Morgan fingerprint density at radius 1 is 1.33 bits per heavy atom.